The van der Waals surface area contributed by atoms with Crippen molar-refractivity contribution >= 4 is 11.6 Å². The molecular weight excluding hydrogens is 412 g/mol. The van der Waals surface area contributed by atoms with Gasteiger partial charge in [-0.05, 0) is 53.7 Å². The van der Waals surface area contributed by atoms with Crippen LogP contribution in [0.5, 0.6) is 17.2 Å². The van der Waals surface area contributed by atoms with Crippen molar-refractivity contribution in [2.75, 3.05) is 32.8 Å². The first-order valence-electron chi connectivity index (χ1n) is 10.5. The maximum absolute atomic E-state index is 11.8. The molecule has 1 aromatic heterocycles. The van der Waals surface area contributed by atoms with Gasteiger partial charge in [-0.3, -0.25) is 9.69 Å². The first-order valence-corrected chi connectivity index (χ1v) is 10.5. The van der Waals surface area contributed by atoms with Crippen LogP contribution in [0.4, 0.5) is 5.69 Å². The normalized spacial score (nSPS) is 17.2. The van der Waals surface area contributed by atoms with Gasteiger partial charge in [-0.1, -0.05) is 13.0 Å². The zero-order valence-electron chi connectivity index (χ0n) is 18.2. The molecule has 0 saturated carbocycles. The number of tetrazole rings is 1. The van der Waals surface area contributed by atoms with Gasteiger partial charge >= 0.3 is 0 Å². The lowest BCUT2D eigenvalue weighted by Gasteiger charge is -2.34. The van der Waals surface area contributed by atoms with Crippen LogP contribution >= 0.6 is 0 Å². The predicted octanol–water partition coefficient (Wildman–Crippen LogP) is 2.33. The number of hydrogen-bond acceptors (Lipinski definition) is 8. The molecule has 1 unspecified atom stereocenters. The van der Waals surface area contributed by atoms with Gasteiger partial charge in [0.05, 0.1) is 12.8 Å². The van der Waals surface area contributed by atoms with Crippen molar-refractivity contribution in [1.82, 2.24) is 25.1 Å². The lowest BCUT2D eigenvalue weighted by atomic mass is 9.90. The van der Waals surface area contributed by atoms with Crippen LogP contribution in [-0.4, -0.2) is 58.5 Å². The summed E-state index contributed by atoms with van der Waals surface area (Å²) in [6.45, 7) is 2.80. The summed E-state index contributed by atoms with van der Waals surface area (Å²) >= 11 is 0. The third kappa shape index (κ3) is 3.32. The summed E-state index contributed by atoms with van der Waals surface area (Å²) in [6.07, 6.45) is 1.25. The number of likely N-dealkylation sites (N-methyl/N-ethyl adjacent to an activating group) is 1. The SMILES string of the molecule is CCC(=O)Nc1cccc(-n2nnnc2C2c3c(cc4c(c3OC)OCO4)CCN2C)c1. The van der Waals surface area contributed by atoms with Crippen molar-refractivity contribution in [3.8, 4) is 22.9 Å². The fraction of sp³-hybridized carbons (Fsp3) is 0.364. The number of nitrogens with one attached hydrogen (secondary N) is 1. The molecule has 0 spiro atoms. The third-order valence-electron chi connectivity index (χ3n) is 5.83. The van der Waals surface area contributed by atoms with E-state index in [9.17, 15) is 4.79 Å². The summed E-state index contributed by atoms with van der Waals surface area (Å²) in [4.78, 5) is 14.0. The fourth-order valence-electron chi connectivity index (χ4n) is 4.27. The Labute approximate surface area is 185 Å². The first kappa shape index (κ1) is 20.3. The lowest BCUT2D eigenvalue weighted by Crippen LogP contribution is -2.35. The van der Waals surface area contributed by atoms with Crippen LogP contribution in [0.2, 0.25) is 0 Å². The zero-order valence-corrected chi connectivity index (χ0v) is 18.2. The lowest BCUT2D eigenvalue weighted by molar-refractivity contribution is -0.115. The average Bonchev–Trinajstić information content (AvgIpc) is 3.47. The Morgan fingerprint density at radius 1 is 1.31 bits per heavy atom. The van der Waals surface area contributed by atoms with Crippen molar-refractivity contribution < 1.29 is 19.0 Å². The topological polar surface area (TPSA) is 104 Å². The fourth-order valence-corrected chi connectivity index (χ4v) is 4.27. The summed E-state index contributed by atoms with van der Waals surface area (Å²) in [6, 6.07) is 9.23. The van der Waals surface area contributed by atoms with Gasteiger partial charge in [0.25, 0.3) is 0 Å². The zero-order chi connectivity index (χ0) is 22.2. The Morgan fingerprint density at radius 3 is 3.00 bits per heavy atom. The molecule has 1 atom stereocenters. The van der Waals surface area contributed by atoms with Crippen molar-refractivity contribution in [2.24, 2.45) is 0 Å². The van der Waals surface area contributed by atoms with E-state index in [2.05, 4.69) is 25.7 Å². The molecule has 2 aromatic carbocycles. The van der Waals surface area contributed by atoms with Gasteiger partial charge in [0.2, 0.25) is 18.4 Å². The number of ether oxygens (including phenoxy) is 3. The number of anilines is 1. The van der Waals surface area contributed by atoms with Crippen LogP contribution in [0.15, 0.2) is 30.3 Å². The van der Waals surface area contributed by atoms with Crippen LogP contribution < -0.4 is 19.5 Å². The second kappa shape index (κ2) is 8.12. The summed E-state index contributed by atoms with van der Waals surface area (Å²) < 4.78 is 18.8. The maximum Gasteiger partial charge on any atom is 0.231 e. The molecule has 0 saturated heterocycles. The molecule has 2 aliphatic heterocycles. The number of rotatable bonds is 5. The molecular formula is C22H24N6O4. The summed E-state index contributed by atoms with van der Waals surface area (Å²) in [5.74, 6) is 2.54. The van der Waals surface area contributed by atoms with Gasteiger partial charge in [-0.15, -0.1) is 5.10 Å². The number of hydrogen-bond donors (Lipinski definition) is 1. The monoisotopic (exact) mass is 436 g/mol. The second-order valence-electron chi connectivity index (χ2n) is 7.75. The van der Waals surface area contributed by atoms with E-state index < -0.39 is 0 Å². The molecule has 0 radical (unpaired) electrons. The van der Waals surface area contributed by atoms with Gasteiger partial charge in [0.1, 0.15) is 6.04 Å². The van der Waals surface area contributed by atoms with E-state index in [4.69, 9.17) is 14.2 Å². The Hall–Kier alpha value is -3.66. The molecule has 1 amide bonds. The maximum atomic E-state index is 11.8. The Kier molecular flexibility index (Phi) is 5.14. The molecule has 10 heteroatoms. The Bertz CT molecular complexity index is 1180. The minimum absolute atomic E-state index is 0.0548. The Balaban J connectivity index is 1.61. The van der Waals surface area contributed by atoms with Crippen LogP contribution in [0.3, 0.4) is 0 Å². The smallest absolute Gasteiger partial charge is 0.231 e. The van der Waals surface area contributed by atoms with Gasteiger partial charge in [-0.25, -0.2) is 0 Å². The van der Waals surface area contributed by atoms with Gasteiger partial charge in [-0.2, -0.15) is 4.68 Å². The largest absolute Gasteiger partial charge is 0.492 e. The van der Waals surface area contributed by atoms with Crippen LogP contribution in [0.25, 0.3) is 5.69 Å². The molecule has 0 aliphatic carbocycles. The van der Waals surface area contributed by atoms with E-state index in [1.54, 1.807) is 11.8 Å². The second-order valence-corrected chi connectivity index (χ2v) is 7.75. The minimum Gasteiger partial charge on any atom is -0.492 e. The van der Waals surface area contributed by atoms with E-state index in [-0.39, 0.29) is 18.7 Å². The highest BCUT2D eigenvalue weighted by atomic mass is 16.7. The van der Waals surface area contributed by atoms with Gasteiger partial charge in [0.15, 0.2) is 17.3 Å². The molecule has 10 nitrogen and oxygen atoms in total. The summed E-state index contributed by atoms with van der Waals surface area (Å²) in [7, 11) is 3.67. The van der Waals surface area contributed by atoms with E-state index in [0.29, 0.717) is 35.2 Å². The summed E-state index contributed by atoms with van der Waals surface area (Å²) in [5.41, 5.74) is 3.53. The minimum atomic E-state index is -0.257. The summed E-state index contributed by atoms with van der Waals surface area (Å²) in [5, 5.41) is 15.5. The quantitative estimate of drug-likeness (QED) is 0.650. The number of methoxy groups -OCH3 is 1. The molecule has 3 aromatic rings. The van der Waals surface area contributed by atoms with Gasteiger partial charge < -0.3 is 19.5 Å². The number of carbonyl (C=O) groups excluding carboxylic acids is 1. The molecule has 3 heterocycles. The average molecular weight is 436 g/mol. The van der Waals surface area contributed by atoms with Crippen molar-refractivity contribution in [3.63, 3.8) is 0 Å². The highest BCUT2D eigenvalue weighted by Gasteiger charge is 2.37. The van der Waals surface area contributed by atoms with E-state index >= 15 is 0 Å². The van der Waals surface area contributed by atoms with Crippen molar-refractivity contribution in [2.45, 2.75) is 25.8 Å². The number of fused-ring (bicyclic) bond motifs is 2. The highest BCUT2D eigenvalue weighted by molar-refractivity contribution is 5.90. The number of carbonyl (C=O) groups is 1. The van der Waals surface area contributed by atoms with E-state index in [0.717, 1.165) is 29.8 Å². The number of benzene rings is 2. The van der Waals surface area contributed by atoms with Crippen LogP contribution in [0, 0.1) is 0 Å². The number of nitrogens with zero attached hydrogens (tertiary/aromatic N) is 5. The van der Waals surface area contributed by atoms with E-state index in [1.165, 1.54) is 0 Å². The highest BCUT2D eigenvalue weighted by Crippen LogP contribution is 2.50. The molecule has 0 bridgehead atoms. The predicted molar refractivity (Wildman–Crippen MR) is 115 cm³/mol. The molecule has 1 N–H and O–H groups in total. The molecule has 5 rings (SSSR count). The van der Waals surface area contributed by atoms with Crippen LogP contribution in [-0.2, 0) is 11.2 Å². The van der Waals surface area contributed by atoms with Crippen LogP contribution in [0.1, 0.15) is 36.3 Å². The first-order chi connectivity index (χ1) is 15.6. The van der Waals surface area contributed by atoms with Crippen molar-refractivity contribution in [3.05, 3.63) is 47.3 Å². The molecule has 166 valence electrons. The molecule has 2 aliphatic rings. The van der Waals surface area contributed by atoms with Crippen molar-refractivity contribution in [1.29, 1.82) is 0 Å². The molecule has 32 heavy (non-hydrogen) atoms. The van der Waals surface area contributed by atoms with E-state index in [1.807, 2.05) is 44.3 Å². The number of aromatic nitrogens is 4. The molecule has 0 fully saturated rings. The number of amides is 1. The third-order valence-corrected chi connectivity index (χ3v) is 5.83. The Morgan fingerprint density at radius 2 is 2.19 bits per heavy atom. The standard InChI is InChI=1S/C22H24N6O4/c1-4-17(29)23-14-6-5-7-15(11-14)28-22(24-25-26-28)19-18-13(8-9-27(19)2)10-16-20(21(18)30-3)32-12-31-16/h5-7,10-11,19H,4,8-9,12H2,1-3H3,(H,23,29). The van der Waals surface area contributed by atoms with Gasteiger partial charge in [0, 0.05) is 24.2 Å².